The van der Waals surface area contributed by atoms with Crippen molar-refractivity contribution in [3.05, 3.63) is 104 Å². The second-order valence-electron chi connectivity index (χ2n) is 6.95. The number of rotatable bonds is 6. The van der Waals surface area contributed by atoms with Crippen LogP contribution in [-0.4, -0.2) is 29.9 Å². The highest BCUT2D eigenvalue weighted by Gasteiger charge is 2.24. The molecular formula is C24H15BrN2O7. The van der Waals surface area contributed by atoms with Crippen LogP contribution in [-0.2, 0) is 9.53 Å². The highest BCUT2D eigenvalue weighted by Crippen LogP contribution is 2.30. The molecule has 0 radical (unpaired) electrons. The molecule has 9 nitrogen and oxygen atoms in total. The van der Waals surface area contributed by atoms with Crippen LogP contribution in [0.2, 0.25) is 0 Å². The third-order valence-electron chi connectivity index (χ3n) is 4.72. The van der Waals surface area contributed by atoms with Crippen molar-refractivity contribution in [2.24, 2.45) is 4.99 Å². The van der Waals surface area contributed by atoms with E-state index in [0.717, 1.165) is 4.47 Å². The van der Waals surface area contributed by atoms with Crippen molar-refractivity contribution in [3.8, 4) is 11.5 Å². The Balaban J connectivity index is 1.54. The molecule has 1 heterocycles. The topological polar surface area (TPSA) is 117 Å². The van der Waals surface area contributed by atoms with Gasteiger partial charge in [0.25, 0.3) is 5.69 Å². The minimum absolute atomic E-state index is 0.107. The van der Waals surface area contributed by atoms with Crippen molar-refractivity contribution in [3.63, 3.8) is 0 Å². The molecule has 34 heavy (non-hydrogen) atoms. The molecule has 4 rings (SSSR count). The van der Waals surface area contributed by atoms with Gasteiger partial charge in [0.15, 0.2) is 17.2 Å². The average Bonchev–Trinajstić information content (AvgIpc) is 3.20. The lowest BCUT2D eigenvalue weighted by molar-refractivity contribution is -0.384. The summed E-state index contributed by atoms with van der Waals surface area (Å²) < 4.78 is 16.8. The van der Waals surface area contributed by atoms with E-state index in [1.165, 1.54) is 43.5 Å². The Kier molecular flexibility index (Phi) is 6.51. The van der Waals surface area contributed by atoms with Crippen LogP contribution in [0.5, 0.6) is 11.5 Å². The summed E-state index contributed by atoms with van der Waals surface area (Å²) in [6.45, 7) is 0. The van der Waals surface area contributed by atoms with E-state index >= 15 is 0 Å². The van der Waals surface area contributed by atoms with E-state index in [1.54, 1.807) is 24.3 Å². The van der Waals surface area contributed by atoms with Gasteiger partial charge >= 0.3 is 11.9 Å². The van der Waals surface area contributed by atoms with Gasteiger partial charge in [0.05, 0.1) is 17.6 Å². The second-order valence-corrected chi connectivity index (χ2v) is 7.86. The van der Waals surface area contributed by atoms with Gasteiger partial charge in [-0.25, -0.2) is 14.6 Å². The monoisotopic (exact) mass is 522 g/mol. The van der Waals surface area contributed by atoms with Crippen molar-refractivity contribution in [1.29, 1.82) is 0 Å². The lowest BCUT2D eigenvalue weighted by Gasteiger charge is -2.10. The van der Waals surface area contributed by atoms with Gasteiger partial charge in [-0.1, -0.05) is 22.0 Å². The summed E-state index contributed by atoms with van der Waals surface area (Å²) in [5.41, 5.74) is 1.34. The number of nitro benzene ring substituents is 1. The summed E-state index contributed by atoms with van der Waals surface area (Å²) in [7, 11) is 1.41. The molecule has 0 N–H and O–H groups in total. The van der Waals surface area contributed by atoms with Crippen LogP contribution >= 0.6 is 15.9 Å². The number of nitrogens with zero attached hydrogens (tertiary/aromatic N) is 2. The molecule has 0 bridgehead atoms. The normalized spacial score (nSPS) is 13.9. The Hall–Kier alpha value is -4.31. The lowest BCUT2D eigenvalue weighted by Crippen LogP contribution is -2.09. The molecular weight excluding hydrogens is 508 g/mol. The number of hydrogen-bond donors (Lipinski definition) is 0. The van der Waals surface area contributed by atoms with Crippen LogP contribution in [0, 0.1) is 10.1 Å². The van der Waals surface area contributed by atoms with E-state index in [2.05, 4.69) is 20.9 Å². The van der Waals surface area contributed by atoms with E-state index in [1.807, 2.05) is 12.1 Å². The molecule has 0 saturated heterocycles. The number of nitro groups is 1. The summed E-state index contributed by atoms with van der Waals surface area (Å²) in [6.07, 6.45) is 1.53. The fourth-order valence-electron chi connectivity index (χ4n) is 3.02. The van der Waals surface area contributed by atoms with Crippen LogP contribution < -0.4 is 9.47 Å². The maximum atomic E-state index is 12.4. The number of benzene rings is 3. The number of non-ortho nitro benzene ring substituents is 1. The Morgan fingerprint density at radius 2 is 1.76 bits per heavy atom. The first-order valence-electron chi connectivity index (χ1n) is 9.77. The molecule has 0 spiro atoms. The molecule has 1 aliphatic heterocycles. The van der Waals surface area contributed by atoms with Crippen LogP contribution in [0.3, 0.4) is 0 Å². The predicted octanol–water partition coefficient (Wildman–Crippen LogP) is 4.93. The van der Waals surface area contributed by atoms with Crippen molar-refractivity contribution < 1.29 is 28.7 Å². The molecule has 3 aromatic carbocycles. The smallest absolute Gasteiger partial charge is 0.363 e. The van der Waals surface area contributed by atoms with Crippen molar-refractivity contribution in [2.45, 2.75) is 0 Å². The number of ether oxygens (including phenoxy) is 3. The Morgan fingerprint density at radius 1 is 1.06 bits per heavy atom. The van der Waals surface area contributed by atoms with Crippen LogP contribution in [0.4, 0.5) is 5.69 Å². The number of aliphatic imine (C=N–C) groups is 1. The van der Waals surface area contributed by atoms with Gasteiger partial charge in [0.1, 0.15) is 0 Å². The summed E-state index contributed by atoms with van der Waals surface area (Å²) in [5, 5.41) is 10.8. The first-order chi connectivity index (χ1) is 16.3. The van der Waals surface area contributed by atoms with E-state index in [9.17, 15) is 19.7 Å². The van der Waals surface area contributed by atoms with Gasteiger partial charge in [0, 0.05) is 22.2 Å². The summed E-state index contributed by atoms with van der Waals surface area (Å²) >= 11 is 3.35. The first-order valence-corrected chi connectivity index (χ1v) is 10.6. The molecule has 0 amide bonds. The molecule has 0 aromatic heterocycles. The van der Waals surface area contributed by atoms with Crippen molar-refractivity contribution in [1.82, 2.24) is 0 Å². The van der Waals surface area contributed by atoms with Gasteiger partial charge in [0.2, 0.25) is 5.90 Å². The van der Waals surface area contributed by atoms with Gasteiger partial charge in [-0.05, 0) is 60.2 Å². The number of esters is 2. The molecule has 170 valence electrons. The van der Waals surface area contributed by atoms with E-state index in [-0.39, 0.29) is 34.3 Å². The Bertz CT molecular complexity index is 1350. The summed E-state index contributed by atoms with van der Waals surface area (Å²) in [4.78, 5) is 39.2. The van der Waals surface area contributed by atoms with Crippen LogP contribution in [0.1, 0.15) is 21.5 Å². The third-order valence-corrected chi connectivity index (χ3v) is 5.25. The quantitative estimate of drug-likeness (QED) is 0.148. The fourth-order valence-corrected chi connectivity index (χ4v) is 3.28. The van der Waals surface area contributed by atoms with Crippen molar-refractivity contribution in [2.75, 3.05) is 7.11 Å². The minimum Gasteiger partial charge on any atom is -0.493 e. The standard InChI is InChI=1S/C24H15BrN2O7/c1-32-21-13-14(12-19-24(29)34-22(26-19)15-3-7-17(25)8-4-15)2-11-20(21)33-23(28)16-5-9-18(10-6-16)27(30)31/h2-13H,1H3. The average molecular weight is 523 g/mol. The van der Waals surface area contributed by atoms with E-state index < -0.39 is 16.9 Å². The highest BCUT2D eigenvalue weighted by atomic mass is 79.9. The maximum absolute atomic E-state index is 12.4. The van der Waals surface area contributed by atoms with Gasteiger partial charge in [-0.2, -0.15) is 0 Å². The largest absolute Gasteiger partial charge is 0.493 e. The zero-order valence-electron chi connectivity index (χ0n) is 17.6. The molecule has 3 aromatic rings. The number of cyclic esters (lactones) is 1. The minimum atomic E-state index is -0.706. The number of carbonyl (C=O) groups is 2. The SMILES string of the molecule is COc1cc(C=C2N=C(c3ccc(Br)cc3)OC2=O)ccc1OC(=O)c1ccc([N+](=O)[O-])cc1. The van der Waals surface area contributed by atoms with Crippen molar-refractivity contribution >= 4 is 45.5 Å². The number of methoxy groups -OCH3 is 1. The molecule has 0 fully saturated rings. The van der Waals surface area contributed by atoms with Crippen LogP contribution in [0.15, 0.2) is 81.9 Å². The Morgan fingerprint density at radius 3 is 2.41 bits per heavy atom. The predicted molar refractivity (Wildman–Crippen MR) is 126 cm³/mol. The number of hydrogen-bond acceptors (Lipinski definition) is 8. The first kappa shape index (κ1) is 22.9. The summed E-state index contributed by atoms with van der Waals surface area (Å²) in [6, 6.07) is 16.9. The third kappa shape index (κ3) is 5.02. The summed E-state index contributed by atoms with van der Waals surface area (Å²) in [5.74, 6) is -0.716. The molecule has 10 heteroatoms. The van der Waals surface area contributed by atoms with E-state index in [0.29, 0.717) is 11.1 Å². The van der Waals surface area contributed by atoms with E-state index in [4.69, 9.17) is 14.2 Å². The molecule has 1 aliphatic rings. The molecule has 0 atom stereocenters. The van der Waals surface area contributed by atoms with Gasteiger partial charge < -0.3 is 14.2 Å². The zero-order chi connectivity index (χ0) is 24.2. The van der Waals surface area contributed by atoms with Crippen LogP contribution in [0.25, 0.3) is 6.08 Å². The maximum Gasteiger partial charge on any atom is 0.363 e. The zero-order valence-corrected chi connectivity index (χ0v) is 19.1. The van der Waals surface area contributed by atoms with Gasteiger partial charge in [-0.15, -0.1) is 0 Å². The second kappa shape index (κ2) is 9.67. The van der Waals surface area contributed by atoms with Gasteiger partial charge in [-0.3, -0.25) is 10.1 Å². The molecule has 0 unspecified atom stereocenters. The lowest BCUT2D eigenvalue weighted by atomic mass is 10.1. The highest BCUT2D eigenvalue weighted by molar-refractivity contribution is 9.10. The molecule has 0 saturated carbocycles. The Labute approximate surface area is 201 Å². The fraction of sp³-hybridized carbons (Fsp3) is 0.0417. The number of carbonyl (C=O) groups excluding carboxylic acids is 2. The molecule has 0 aliphatic carbocycles. The number of halogens is 1.